The second kappa shape index (κ2) is 5.11. The average Bonchev–Trinajstić information content (AvgIpc) is 2.76. The van der Waals surface area contributed by atoms with Gasteiger partial charge in [-0.2, -0.15) is 0 Å². The molecule has 0 aromatic heterocycles. The van der Waals surface area contributed by atoms with E-state index in [4.69, 9.17) is 4.74 Å². The van der Waals surface area contributed by atoms with E-state index < -0.39 is 10.0 Å². The Kier molecular flexibility index (Phi) is 3.85. The monoisotopic (exact) mass is 284 g/mol. The van der Waals surface area contributed by atoms with Gasteiger partial charge in [-0.25, -0.2) is 12.7 Å². The Morgan fingerprint density at radius 1 is 1.32 bits per heavy atom. The minimum absolute atomic E-state index is 0.210. The molecule has 1 fully saturated rings. The molecule has 1 aliphatic heterocycles. The van der Waals surface area contributed by atoms with E-state index in [9.17, 15) is 8.42 Å². The van der Waals surface area contributed by atoms with Gasteiger partial charge in [-0.15, -0.1) is 0 Å². The fourth-order valence-corrected chi connectivity index (χ4v) is 3.12. The number of ether oxygens (including phenoxy) is 1. The van der Waals surface area contributed by atoms with Crippen LogP contribution in [0.3, 0.4) is 0 Å². The normalized spacial score (nSPS) is 23.8. The zero-order valence-electron chi connectivity index (χ0n) is 11.5. The molecule has 0 saturated carbocycles. The van der Waals surface area contributed by atoms with E-state index in [0.29, 0.717) is 23.8 Å². The predicted octanol–water partition coefficient (Wildman–Crippen LogP) is 1.53. The quantitative estimate of drug-likeness (QED) is 0.911. The van der Waals surface area contributed by atoms with Gasteiger partial charge < -0.3 is 10.1 Å². The lowest BCUT2D eigenvalue weighted by molar-refractivity contribution is 0.185. The molecule has 1 aromatic carbocycles. The summed E-state index contributed by atoms with van der Waals surface area (Å²) in [7, 11) is -0.377. The molecule has 1 N–H and O–H groups in total. The molecule has 1 saturated heterocycles. The largest absolute Gasteiger partial charge is 0.379 e. The van der Waals surface area contributed by atoms with E-state index in [2.05, 4.69) is 5.32 Å². The van der Waals surface area contributed by atoms with Crippen molar-refractivity contribution in [3.8, 4) is 0 Å². The maximum Gasteiger partial charge on any atom is 0.244 e. The highest BCUT2D eigenvalue weighted by Crippen LogP contribution is 2.29. The number of anilines is 1. The van der Waals surface area contributed by atoms with E-state index >= 15 is 0 Å². The lowest BCUT2D eigenvalue weighted by Crippen LogP contribution is -2.36. The summed E-state index contributed by atoms with van der Waals surface area (Å²) < 4.78 is 31.2. The summed E-state index contributed by atoms with van der Waals surface area (Å²) in [6.45, 7) is 3.33. The van der Waals surface area contributed by atoms with Gasteiger partial charge in [-0.3, -0.25) is 0 Å². The van der Waals surface area contributed by atoms with Crippen LogP contribution in [0.4, 0.5) is 5.69 Å². The van der Waals surface area contributed by atoms with Gasteiger partial charge >= 0.3 is 0 Å². The van der Waals surface area contributed by atoms with Crippen LogP contribution in [0.5, 0.6) is 0 Å². The highest BCUT2D eigenvalue weighted by Gasteiger charge is 2.31. The van der Waals surface area contributed by atoms with Gasteiger partial charge in [0.2, 0.25) is 10.0 Å². The highest BCUT2D eigenvalue weighted by atomic mass is 32.2. The second-order valence-electron chi connectivity index (χ2n) is 5.27. The molecule has 1 unspecified atom stereocenters. The van der Waals surface area contributed by atoms with Crippen molar-refractivity contribution >= 4 is 15.7 Å². The summed E-state index contributed by atoms with van der Waals surface area (Å²) in [6.07, 6.45) is 0.864. The van der Waals surface area contributed by atoms with Crippen LogP contribution in [0.1, 0.15) is 13.3 Å². The van der Waals surface area contributed by atoms with Gasteiger partial charge in [-0.05, 0) is 25.5 Å². The molecule has 1 atom stereocenters. The number of rotatable bonds is 4. The summed E-state index contributed by atoms with van der Waals surface area (Å²) in [5, 5.41) is 3.32. The maximum absolute atomic E-state index is 12.3. The Bertz CT molecular complexity index is 549. The predicted molar refractivity (Wildman–Crippen MR) is 74.8 cm³/mol. The van der Waals surface area contributed by atoms with Crippen LogP contribution in [0, 0.1) is 0 Å². The third kappa shape index (κ3) is 2.91. The van der Waals surface area contributed by atoms with Crippen molar-refractivity contribution in [1.82, 2.24) is 4.31 Å². The van der Waals surface area contributed by atoms with Crippen LogP contribution in [-0.4, -0.2) is 45.6 Å². The topological polar surface area (TPSA) is 58.6 Å². The van der Waals surface area contributed by atoms with Crippen molar-refractivity contribution < 1.29 is 13.2 Å². The Balaban J connectivity index is 2.37. The number of hydrogen-bond acceptors (Lipinski definition) is 4. The third-order valence-corrected chi connectivity index (χ3v) is 5.17. The van der Waals surface area contributed by atoms with Crippen molar-refractivity contribution in [3.63, 3.8) is 0 Å². The minimum atomic E-state index is -3.45. The zero-order valence-corrected chi connectivity index (χ0v) is 12.3. The molecular weight excluding hydrogens is 264 g/mol. The minimum Gasteiger partial charge on any atom is -0.379 e. The maximum atomic E-state index is 12.3. The molecule has 0 radical (unpaired) electrons. The van der Waals surface area contributed by atoms with Gasteiger partial charge in [0.15, 0.2) is 0 Å². The Labute approximate surface area is 114 Å². The Morgan fingerprint density at radius 2 is 2.00 bits per heavy atom. The number of benzene rings is 1. The summed E-state index contributed by atoms with van der Waals surface area (Å²) in [5.41, 5.74) is 0.419. The first kappa shape index (κ1) is 14.3. The number of sulfonamides is 1. The van der Waals surface area contributed by atoms with Crippen molar-refractivity contribution in [3.05, 3.63) is 24.3 Å². The van der Waals surface area contributed by atoms with E-state index in [1.165, 1.54) is 18.4 Å². The van der Waals surface area contributed by atoms with Gasteiger partial charge in [-0.1, -0.05) is 12.1 Å². The molecule has 0 spiro atoms. The molecule has 5 nitrogen and oxygen atoms in total. The van der Waals surface area contributed by atoms with Crippen LogP contribution < -0.4 is 5.32 Å². The zero-order chi connectivity index (χ0) is 14.1. The molecule has 106 valence electrons. The van der Waals surface area contributed by atoms with Crippen LogP contribution in [0.15, 0.2) is 29.2 Å². The lowest BCUT2D eigenvalue weighted by Gasteiger charge is -2.27. The van der Waals surface area contributed by atoms with Crippen LogP contribution >= 0.6 is 0 Å². The number of hydrogen-bond donors (Lipinski definition) is 1. The first-order chi connectivity index (χ1) is 8.85. The molecule has 0 bridgehead atoms. The Morgan fingerprint density at radius 3 is 2.58 bits per heavy atom. The third-order valence-electron chi connectivity index (χ3n) is 3.30. The molecule has 1 aromatic rings. The van der Waals surface area contributed by atoms with Crippen molar-refractivity contribution in [2.75, 3.05) is 32.6 Å². The first-order valence-corrected chi connectivity index (χ1v) is 7.67. The smallest absolute Gasteiger partial charge is 0.244 e. The van der Waals surface area contributed by atoms with E-state index in [1.54, 1.807) is 18.2 Å². The Hall–Kier alpha value is -1.11. The molecule has 1 heterocycles. The fourth-order valence-electron chi connectivity index (χ4n) is 2.08. The summed E-state index contributed by atoms with van der Waals surface area (Å²) >= 11 is 0. The van der Waals surface area contributed by atoms with Gasteiger partial charge in [0, 0.05) is 20.7 Å². The van der Waals surface area contributed by atoms with Crippen LogP contribution in [-0.2, 0) is 14.8 Å². The average molecular weight is 284 g/mol. The number of nitrogens with one attached hydrogen (secondary N) is 1. The molecule has 6 heteroatoms. The van der Waals surface area contributed by atoms with Crippen molar-refractivity contribution in [1.29, 1.82) is 0 Å². The van der Waals surface area contributed by atoms with Crippen molar-refractivity contribution in [2.24, 2.45) is 0 Å². The second-order valence-corrected chi connectivity index (χ2v) is 7.39. The number of para-hydroxylation sites is 1. The standard InChI is InChI=1S/C13H20N2O3S/c1-13(8-9-18-10-13)14-11-6-4-5-7-12(11)19(16,17)15(2)3/h4-7,14H,8-10H2,1-3H3. The SMILES string of the molecule is CN(C)S(=O)(=O)c1ccccc1NC1(C)CCOC1. The molecule has 1 aliphatic rings. The van der Waals surface area contributed by atoms with Gasteiger partial charge in [0.25, 0.3) is 0 Å². The molecule has 0 amide bonds. The summed E-state index contributed by atoms with van der Waals surface area (Å²) in [5.74, 6) is 0. The van der Waals surface area contributed by atoms with E-state index in [-0.39, 0.29) is 5.54 Å². The molecule has 0 aliphatic carbocycles. The molecule has 19 heavy (non-hydrogen) atoms. The van der Waals surface area contributed by atoms with Crippen molar-refractivity contribution in [2.45, 2.75) is 23.8 Å². The van der Waals surface area contributed by atoms with Gasteiger partial charge in [0.05, 0.1) is 17.8 Å². The lowest BCUT2D eigenvalue weighted by atomic mass is 10.0. The first-order valence-electron chi connectivity index (χ1n) is 6.23. The van der Waals surface area contributed by atoms with Crippen LogP contribution in [0.2, 0.25) is 0 Å². The molecule has 2 rings (SSSR count). The van der Waals surface area contributed by atoms with E-state index in [1.807, 2.05) is 13.0 Å². The van der Waals surface area contributed by atoms with E-state index in [0.717, 1.165) is 6.42 Å². The van der Waals surface area contributed by atoms with Crippen LogP contribution in [0.25, 0.3) is 0 Å². The molecular formula is C13H20N2O3S. The van der Waals surface area contributed by atoms with Gasteiger partial charge in [0.1, 0.15) is 4.90 Å². The summed E-state index contributed by atoms with van der Waals surface area (Å²) in [4.78, 5) is 0.299. The fraction of sp³-hybridized carbons (Fsp3) is 0.538. The summed E-state index contributed by atoms with van der Waals surface area (Å²) in [6, 6.07) is 6.97. The highest BCUT2D eigenvalue weighted by molar-refractivity contribution is 7.89. The number of nitrogens with zero attached hydrogens (tertiary/aromatic N) is 1.